The summed E-state index contributed by atoms with van der Waals surface area (Å²) < 4.78 is 2.09. The van der Waals surface area contributed by atoms with E-state index < -0.39 is 0 Å². The molecule has 0 fully saturated rings. The number of fused-ring (bicyclic) bond motifs is 1. The molecule has 0 aliphatic heterocycles. The van der Waals surface area contributed by atoms with Gasteiger partial charge in [-0.15, -0.1) is 0 Å². The highest BCUT2D eigenvalue weighted by atomic mass is 16.1. The molecular weight excluding hydrogens is 252 g/mol. The molecule has 2 heterocycles. The van der Waals surface area contributed by atoms with Crippen LogP contribution >= 0.6 is 0 Å². The van der Waals surface area contributed by atoms with Gasteiger partial charge >= 0.3 is 5.69 Å². The molecule has 0 radical (unpaired) electrons. The van der Waals surface area contributed by atoms with E-state index in [2.05, 4.69) is 39.4 Å². The fraction of sp³-hybridized carbons (Fsp3) is 0.267. The second-order valence-corrected chi connectivity index (χ2v) is 5.23. The minimum Gasteiger partial charge on any atom is -0.330 e. The zero-order chi connectivity index (χ0) is 14.1. The smallest absolute Gasteiger partial charge is 0.330 e. The zero-order valence-electron chi connectivity index (χ0n) is 11.4. The van der Waals surface area contributed by atoms with Crippen LogP contribution in [-0.4, -0.2) is 19.5 Å². The fourth-order valence-corrected chi connectivity index (χ4v) is 2.59. The summed E-state index contributed by atoms with van der Waals surface area (Å²) in [7, 11) is 0. The predicted octanol–water partition coefficient (Wildman–Crippen LogP) is 2.37. The van der Waals surface area contributed by atoms with Crippen molar-refractivity contribution in [2.45, 2.75) is 19.9 Å². The summed E-state index contributed by atoms with van der Waals surface area (Å²) >= 11 is 0. The maximum Gasteiger partial charge on any atom is 0.345 e. The highest BCUT2D eigenvalue weighted by molar-refractivity contribution is 5.78. The van der Waals surface area contributed by atoms with Gasteiger partial charge in [-0.05, 0) is 17.5 Å². The van der Waals surface area contributed by atoms with E-state index in [1.807, 2.05) is 24.7 Å². The van der Waals surface area contributed by atoms with E-state index in [1.54, 1.807) is 12.4 Å². The number of nitrogens with zero attached hydrogens (tertiary/aromatic N) is 3. The Labute approximate surface area is 116 Å². The highest BCUT2D eigenvalue weighted by Crippen LogP contribution is 2.27. The number of H-pyrrole nitrogens is 1. The molecule has 0 aliphatic carbocycles. The zero-order valence-corrected chi connectivity index (χ0v) is 11.4. The first-order chi connectivity index (χ1) is 9.65. The second-order valence-electron chi connectivity index (χ2n) is 5.23. The molecule has 1 atom stereocenters. The maximum atomic E-state index is 11.3. The lowest BCUT2D eigenvalue weighted by Crippen LogP contribution is -2.16. The van der Waals surface area contributed by atoms with Crippen LogP contribution in [0.25, 0.3) is 10.9 Å². The van der Waals surface area contributed by atoms with Crippen LogP contribution in [0.4, 0.5) is 0 Å². The van der Waals surface area contributed by atoms with Gasteiger partial charge < -0.3 is 9.55 Å². The normalized spacial score (nSPS) is 12.9. The Morgan fingerprint density at radius 3 is 2.85 bits per heavy atom. The quantitative estimate of drug-likeness (QED) is 0.793. The third-order valence-corrected chi connectivity index (χ3v) is 3.46. The number of aromatic nitrogens is 4. The van der Waals surface area contributed by atoms with Crippen molar-refractivity contribution in [3.8, 4) is 0 Å². The van der Waals surface area contributed by atoms with E-state index in [9.17, 15) is 4.79 Å². The molecule has 20 heavy (non-hydrogen) atoms. The fourth-order valence-electron chi connectivity index (χ4n) is 2.59. The Kier molecular flexibility index (Phi) is 3.10. The van der Waals surface area contributed by atoms with Gasteiger partial charge in [-0.1, -0.05) is 26.0 Å². The average molecular weight is 268 g/mol. The van der Waals surface area contributed by atoms with Crippen molar-refractivity contribution in [2.24, 2.45) is 5.92 Å². The van der Waals surface area contributed by atoms with Crippen molar-refractivity contribution in [2.75, 3.05) is 0 Å². The second kappa shape index (κ2) is 4.92. The minimum atomic E-state index is -0.321. The molecule has 1 aromatic carbocycles. The number of hydrogen-bond donors (Lipinski definition) is 1. The first-order valence-corrected chi connectivity index (χ1v) is 6.61. The largest absolute Gasteiger partial charge is 0.345 e. The molecule has 5 heteroatoms. The molecule has 102 valence electrons. The number of benzene rings is 1. The molecule has 0 saturated carbocycles. The van der Waals surface area contributed by atoms with Gasteiger partial charge in [-0.3, -0.25) is 0 Å². The van der Waals surface area contributed by atoms with Gasteiger partial charge in [-0.2, -0.15) is 0 Å². The van der Waals surface area contributed by atoms with Crippen LogP contribution < -0.4 is 5.69 Å². The Balaban J connectivity index is 2.14. The Morgan fingerprint density at radius 1 is 1.30 bits per heavy atom. The molecular formula is C15H16N4O. The van der Waals surface area contributed by atoms with Gasteiger partial charge in [0, 0.05) is 24.0 Å². The van der Waals surface area contributed by atoms with E-state index in [-0.39, 0.29) is 11.7 Å². The topological polar surface area (TPSA) is 63.6 Å². The number of hydrogen-bond acceptors (Lipinski definition) is 3. The number of imidazole rings is 1. The molecule has 1 N–H and O–H groups in total. The van der Waals surface area contributed by atoms with Crippen molar-refractivity contribution in [1.29, 1.82) is 0 Å². The summed E-state index contributed by atoms with van der Waals surface area (Å²) in [6, 6.07) is 6.27. The monoisotopic (exact) mass is 268 g/mol. The van der Waals surface area contributed by atoms with Gasteiger partial charge in [0.1, 0.15) is 0 Å². The van der Waals surface area contributed by atoms with Gasteiger partial charge in [0.15, 0.2) is 0 Å². The van der Waals surface area contributed by atoms with E-state index in [1.165, 1.54) is 0 Å². The summed E-state index contributed by atoms with van der Waals surface area (Å²) in [5.41, 5.74) is 1.64. The first-order valence-electron chi connectivity index (χ1n) is 6.61. The van der Waals surface area contributed by atoms with Crippen molar-refractivity contribution in [1.82, 2.24) is 19.5 Å². The molecule has 0 aliphatic rings. The van der Waals surface area contributed by atoms with E-state index in [4.69, 9.17) is 0 Å². The molecule has 0 bridgehead atoms. The van der Waals surface area contributed by atoms with E-state index in [0.29, 0.717) is 5.92 Å². The minimum absolute atomic E-state index is 0.193. The van der Waals surface area contributed by atoms with Crippen LogP contribution in [0.5, 0.6) is 0 Å². The highest BCUT2D eigenvalue weighted by Gasteiger charge is 2.17. The third kappa shape index (κ3) is 2.22. The lowest BCUT2D eigenvalue weighted by Gasteiger charge is -2.23. The maximum absolute atomic E-state index is 11.3. The molecule has 2 aromatic heterocycles. The van der Waals surface area contributed by atoms with Crippen molar-refractivity contribution >= 4 is 10.9 Å². The van der Waals surface area contributed by atoms with Crippen LogP contribution in [0, 0.1) is 5.92 Å². The van der Waals surface area contributed by atoms with Gasteiger partial charge in [-0.25, -0.2) is 14.8 Å². The summed E-state index contributed by atoms with van der Waals surface area (Å²) in [6.45, 7) is 4.34. The molecule has 0 saturated heterocycles. The molecule has 0 spiro atoms. The Morgan fingerprint density at radius 2 is 2.15 bits per heavy atom. The number of aromatic amines is 1. The summed E-state index contributed by atoms with van der Waals surface area (Å²) in [5, 5.41) is 0.932. The average Bonchev–Trinajstić information content (AvgIpc) is 2.91. The van der Waals surface area contributed by atoms with E-state index in [0.717, 1.165) is 16.5 Å². The van der Waals surface area contributed by atoms with Crippen molar-refractivity contribution in [3.05, 3.63) is 59.2 Å². The lowest BCUT2D eigenvalue weighted by molar-refractivity contribution is 0.437. The van der Waals surface area contributed by atoms with Gasteiger partial charge in [0.25, 0.3) is 0 Å². The molecule has 1 unspecified atom stereocenters. The van der Waals surface area contributed by atoms with Crippen molar-refractivity contribution < 1.29 is 0 Å². The molecule has 5 nitrogen and oxygen atoms in total. The van der Waals surface area contributed by atoms with Crippen LogP contribution in [0.2, 0.25) is 0 Å². The standard InChI is InChI=1S/C15H16N4O/c1-10(2)14(19-6-5-16-9-19)11-3-4-12-8-17-15(20)18-13(12)7-11/h3-10,14H,1-2H3,(H,17,18,20). The van der Waals surface area contributed by atoms with E-state index >= 15 is 0 Å². The van der Waals surface area contributed by atoms with Gasteiger partial charge in [0.05, 0.1) is 17.9 Å². The lowest BCUT2D eigenvalue weighted by atomic mass is 9.95. The van der Waals surface area contributed by atoms with Crippen LogP contribution in [-0.2, 0) is 0 Å². The summed E-state index contributed by atoms with van der Waals surface area (Å²) in [4.78, 5) is 22.0. The van der Waals surface area contributed by atoms with Crippen LogP contribution in [0.3, 0.4) is 0 Å². The Bertz CT molecular complexity index is 774. The molecule has 0 amide bonds. The Hall–Kier alpha value is -2.43. The summed E-state index contributed by atoms with van der Waals surface area (Å²) in [6.07, 6.45) is 7.16. The third-order valence-electron chi connectivity index (χ3n) is 3.46. The number of rotatable bonds is 3. The SMILES string of the molecule is CC(C)C(c1ccc2cnc(=O)[nH]c2c1)n1ccnc1. The first kappa shape index (κ1) is 12.6. The van der Waals surface area contributed by atoms with Crippen molar-refractivity contribution in [3.63, 3.8) is 0 Å². The number of nitrogens with one attached hydrogen (secondary N) is 1. The van der Waals surface area contributed by atoms with Crippen LogP contribution in [0.1, 0.15) is 25.5 Å². The molecule has 3 rings (SSSR count). The molecule has 3 aromatic rings. The summed E-state index contributed by atoms with van der Waals surface area (Å²) in [5.74, 6) is 0.412. The van der Waals surface area contributed by atoms with Gasteiger partial charge in [0.2, 0.25) is 0 Å². The van der Waals surface area contributed by atoms with Crippen LogP contribution in [0.15, 0.2) is 47.9 Å². The predicted molar refractivity (Wildman–Crippen MR) is 77.6 cm³/mol.